The molecule has 4 amide bonds. The van der Waals surface area contributed by atoms with E-state index in [0.29, 0.717) is 11.3 Å². The van der Waals surface area contributed by atoms with Crippen molar-refractivity contribution in [3.8, 4) is 11.5 Å². The Morgan fingerprint density at radius 3 is 2.34 bits per heavy atom. The number of amides is 4. The van der Waals surface area contributed by atoms with Crippen LogP contribution in [0.5, 0.6) is 11.5 Å². The molecule has 0 spiro atoms. The highest BCUT2D eigenvalue weighted by Gasteiger charge is 2.37. The van der Waals surface area contributed by atoms with Crippen LogP contribution in [0.3, 0.4) is 0 Å². The normalized spacial score (nSPS) is 14.8. The van der Waals surface area contributed by atoms with Gasteiger partial charge in [0.2, 0.25) is 0 Å². The van der Waals surface area contributed by atoms with E-state index in [9.17, 15) is 14.4 Å². The van der Waals surface area contributed by atoms with Crippen LogP contribution in [0.4, 0.5) is 10.5 Å². The van der Waals surface area contributed by atoms with Gasteiger partial charge in [0.1, 0.15) is 23.7 Å². The van der Waals surface area contributed by atoms with E-state index in [0.717, 1.165) is 14.9 Å². The van der Waals surface area contributed by atoms with Crippen LogP contribution >= 0.6 is 39.1 Å². The maximum Gasteiger partial charge on any atom is 0.335 e. The number of barbiturate groups is 1. The fourth-order valence-corrected chi connectivity index (χ4v) is 4.18. The van der Waals surface area contributed by atoms with E-state index in [1.165, 1.54) is 37.5 Å². The summed E-state index contributed by atoms with van der Waals surface area (Å²) < 4.78 is 12.0. The number of anilines is 1. The van der Waals surface area contributed by atoms with Gasteiger partial charge in [0.25, 0.3) is 11.8 Å². The molecular weight excluding hydrogens is 559 g/mol. The fourth-order valence-electron chi connectivity index (χ4n) is 3.35. The van der Waals surface area contributed by atoms with Crippen LogP contribution in [0.2, 0.25) is 10.0 Å². The number of carbonyl (C=O) groups excluding carboxylic acids is 3. The topological polar surface area (TPSA) is 84.9 Å². The third-order valence-corrected chi connectivity index (χ3v) is 6.09. The first kappa shape index (κ1) is 24.8. The molecule has 0 radical (unpaired) electrons. The molecule has 1 N–H and O–H groups in total. The van der Waals surface area contributed by atoms with Gasteiger partial charge in [-0.15, -0.1) is 0 Å². The molecule has 1 aliphatic rings. The number of imide groups is 2. The molecule has 0 atom stereocenters. The van der Waals surface area contributed by atoms with Crippen LogP contribution in [-0.2, 0) is 16.2 Å². The highest BCUT2D eigenvalue weighted by Crippen LogP contribution is 2.35. The standard InChI is InChI=1S/C25H17BrCl2N2O5/c1-34-19-8-6-18(7-9-19)30-24(32)20(23(31)29-25(30)33)11-15-10-17(27)12-21(28)22(15)35-13-14-2-4-16(26)5-3-14/h2-12H,13H2,1H3,(H,29,31,33)/b20-11+. The second kappa shape index (κ2) is 10.5. The summed E-state index contributed by atoms with van der Waals surface area (Å²) in [6.45, 7) is 0.182. The van der Waals surface area contributed by atoms with Gasteiger partial charge in [-0.3, -0.25) is 14.9 Å². The van der Waals surface area contributed by atoms with Crippen LogP contribution < -0.4 is 19.7 Å². The van der Waals surface area contributed by atoms with Gasteiger partial charge < -0.3 is 9.47 Å². The third kappa shape index (κ3) is 5.51. The lowest BCUT2D eigenvalue weighted by Gasteiger charge is -2.26. The molecule has 1 fully saturated rings. The number of halogens is 3. The predicted octanol–water partition coefficient (Wildman–Crippen LogP) is 6.01. The molecule has 1 aliphatic heterocycles. The first-order valence-corrected chi connectivity index (χ1v) is 11.7. The van der Waals surface area contributed by atoms with E-state index < -0.39 is 17.8 Å². The van der Waals surface area contributed by atoms with Gasteiger partial charge in [-0.25, -0.2) is 9.69 Å². The lowest BCUT2D eigenvalue weighted by atomic mass is 10.1. The molecule has 0 saturated carbocycles. The van der Waals surface area contributed by atoms with Crippen LogP contribution in [0.25, 0.3) is 6.08 Å². The number of methoxy groups -OCH3 is 1. The van der Waals surface area contributed by atoms with Gasteiger partial charge >= 0.3 is 6.03 Å². The van der Waals surface area contributed by atoms with Crippen molar-refractivity contribution in [3.05, 3.63) is 91.9 Å². The number of hydrogen-bond donors (Lipinski definition) is 1. The zero-order valence-corrected chi connectivity index (χ0v) is 21.3. The van der Waals surface area contributed by atoms with Gasteiger partial charge in [-0.1, -0.05) is 51.3 Å². The minimum absolute atomic E-state index is 0.182. The lowest BCUT2D eigenvalue weighted by Crippen LogP contribution is -2.54. The van der Waals surface area contributed by atoms with Crippen LogP contribution in [-0.4, -0.2) is 25.0 Å². The monoisotopic (exact) mass is 574 g/mol. The number of benzene rings is 3. The Morgan fingerprint density at radius 1 is 1.00 bits per heavy atom. The number of carbonyl (C=O) groups is 3. The summed E-state index contributed by atoms with van der Waals surface area (Å²) in [4.78, 5) is 39.2. The second-order valence-electron chi connectivity index (χ2n) is 7.38. The molecule has 1 heterocycles. The largest absolute Gasteiger partial charge is 0.497 e. The smallest absolute Gasteiger partial charge is 0.335 e. The molecule has 3 aromatic carbocycles. The first-order valence-electron chi connectivity index (χ1n) is 10.2. The van der Waals surface area contributed by atoms with E-state index in [-0.39, 0.29) is 33.7 Å². The van der Waals surface area contributed by atoms with Crippen molar-refractivity contribution in [3.63, 3.8) is 0 Å². The van der Waals surface area contributed by atoms with Crippen molar-refractivity contribution in [2.24, 2.45) is 0 Å². The van der Waals surface area contributed by atoms with Gasteiger partial charge in [-0.05, 0) is 60.2 Å². The SMILES string of the molecule is COc1ccc(N2C(=O)NC(=O)/C(=C\c3cc(Cl)cc(Cl)c3OCc3ccc(Br)cc3)C2=O)cc1. The van der Waals surface area contributed by atoms with Crippen LogP contribution in [0.1, 0.15) is 11.1 Å². The molecule has 0 unspecified atom stereocenters. The number of urea groups is 1. The number of ether oxygens (including phenoxy) is 2. The maximum atomic E-state index is 13.2. The molecule has 178 valence electrons. The number of hydrogen-bond acceptors (Lipinski definition) is 5. The second-order valence-corrected chi connectivity index (χ2v) is 9.14. The molecule has 3 aromatic rings. The van der Waals surface area contributed by atoms with Crippen molar-refractivity contribution in [2.45, 2.75) is 6.61 Å². The molecule has 10 heteroatoms. The lowest BCUT2D eigenvalue weighted by molar-refractivity contribution is -0.122. The summed E-state index contributed by atoms with van der Waals surface area (Å²) in [6, 6.07) is 15.9. The molecule has 7 nitrogen and oxygen atoms in total. The van der Waals surface area contributed by atoms with E-state index in [1.54, 1.807) is 12.1 Å². The van der Waals surface area contributed by atoms with Crippen molar-refractivity contribution in [1.29, 1.82) is 0 Å². The maximum absolute atomic E-state index is 13.2. The molecule has 1 saturated heterocycles. The summed E-state index contributed by atoms with van der Waals surface area (Å²) in [5.74, 6) is -0.870. The Kier molecular flexibility index (Phi) is 7.45. The third-order valence-electron chi connectivity index (χ3n) is 5.07. The minimum Gasteiger partial charge on any atom is -0.497 e. The molecule has 35 heavy (non-hydrogen) atoms. The van der Waals surface area contributed by atoms with Gasteiger partial charge in [-0.2, -0.15) is 0 Å². The van der Waals surface area contributed by atoms with Crippen molar-refractivity contribution < 1.29 is 23.9 Å². The number of nitrogens with zero attached hydrogens (tertiary/aromatic N) is 1. The van der Waals surface area contributed by atoms with E-state index >= 15 is 0 Å². The van der Waals surface area contributed by atoms with Crippen LogP contribution in [0.15, 0.2) is 70.7 Å². The Bertz CT molecular complexity index is 1340. The molecule has 0 aliphatic carbocycles. The summed E-state index contributed by atoms with van der Waals surface area (Å²) in [5, 5.41) is 2.67. The zero-order valence-electron chi connectivity index (χ0n) is 18.2. The molecule has 4 rings (SSSR count). The Morgan fingerprint density at radius 2 is 1.69 bits per heavy atom. The highest BCUT2D eigenvalue weighted by atomic mass is 79.9. The minimum atomic E-state index is -0.863. The van der Waals surface area contributed by atoms with Gasteiger partial charge in [0.05, 0.1) is 17.8 Å². The summed E-state index contributed by atoms with van der Waals surface area (Å²) >= 11 is 16.0. The van der Waals surface area contributed by atoms with Crippen molar-refractivity contribution in [2.75, 3.05) is 12.0 Å². The van der Waals surface area contributed by atoms with E-state index in [1.807, 2.05) is 24.3 Å². The van der Waals surface area contributed by atoms with E-state index in [2.05, 4.69) is 21.2 Å². The quantitative estimate of drug-likeness (QED) is 0.287. The molecule has 0 aromatic heterocycles. The Labute approximate surface area is 219 Å². The summed E-state index contributed by atoms with van der Waals surface area (Å²) in [5.41, 5.74) is 1.16. The average molecular weight is 576 g/mol. The zero-order chi connectivity index (χ0) is 25.1. The summed E-state index contributed by atoms with van der Waals surface area (Å²) in [7, 11) is 1.50. The van der Waals surface area contributed by atoms with E-state index in [4.69, 9.17) is 32.7 Å². The highest BCUT2D eigenvalue weighted by molar-refractivity contribution is 9.10. The van der Waals surface area contributed by atoms with Gasteiger partial charge in [0, 0.05) is 15.1 Å². The Hall–Kier alpha value is -3.33. The number of nitrogens with one attached hydrogen (secondary N) is 1. The Balaban J connectivity index is 1.69. The van der Waals surface area contributed by atoms with Crippen molar-refractivity contribution in [1.82, 2.24) is 5.32 Å². The number of rotatable bonds is 6. The first-order chi connectivity index (χ1) is 16.8. The van der Waals surface area contributed by atoms with Crippen LogP contribution in [0, 0.1) is 0 Å². The van der Waals surface area contributed by atoms with Crippen molar-refractivity contribution >= 4 is 68.7 Å². The summed E-state index contributed by atoms with van der Waals surface area (Å²) in [6.07, 6.45) is 1.30. The van der Waals surface area contributed by atoms with Gasteiger partial charge in [0.15, 0.2) is 0 Å². The fraction of sp³-hybridized carbons (Fsp3) is 0.0800. The molecular formula is C25H17BrCl2N2O5. The average Bonchev–Trinajstić information content (AvgIpc) is 2.82. The molecule has 0 bridgehead atoms. The predicted molar refractivity (Wildman–Crippen MR) is 137 cm³/mol.